The molecule has 1 N–H and O–H groups in total. The van der Waals surface area contributed by atoms with Crippen LogP contribution in [0, 0.1) is 21.8 Å². The van der Waals surface area contributed by atoms with E-state index in [0.29, 0.717) is 30.1 Å². The first-order valence-corrected chi connectivity index (χ1v) is 11.0. The summed E-state index contributed by atoms with van der Waals surface area (Å²) in [6, 6.07) is 10.5. The number of esters is 1. The number of benzene rings is 2. The summed E-state index contributed by atoms with van der Waals surface area (Å²) in [4.78, 5) is 24.0. The van der Waals surface area contributed by atoms with Gasteiger partial charge in [0.2, 0.25) is 0 Å². The van der Waals surface area contributed by atoms with Crippen LogP contribution in [0.2, 0.25) is 5.02 Å². The van der Waals surface area contributed by atoms with Crippen LogP contribution in [0.25, 0.3) is 6.08 Å². The number of carbonyl (C=O) groups excluding carboxylic acids is 2. The van der Waals surface area contributed by atoms with Crippen LogP contribution in [0.5, 0.6) is 5.75 Å². The van der Waals surface area contributed by atoms with E-state index < -0.39 is 11.9 Å². The molecule has 1 amide bonds. The largest absolute Gasteiger partial charge is 0.480 e. The van der Waals surface area contributed by atoms with Gasteiger partial charge in [0.05, 0.1) is 14.6 Å². The molecule has 0 heterocycles. The molecular formula is C21H17BrClIN2O4. The molecular weight excluding hydrogens is 587 g/mol. The average molecular weight is 604 g/mol. The summed E-state index contributed by atoms with van der Waals surface area (Å²) in [6.45, 7) is 3.63. The highest BCUT2D eigenvalue weighted by atomic mass is 127. The third kappa shape index (κ3) is 6.72. The standard InChI is InChI=1S/C21H17BrClIN2O4/c1-3-29-19(27)11-30-20-16(22)7-13(8-18(20)24)6-14(10-25)21(28)26-15-5-4-12(2)17(23)9-15/h4-9H,3,11H2,1-2H3,(H,26,28)/b14-6-. The fraction of sp³-hybridized carbons (Fsp3) is 0.190. The molecule has 0 saturated carbocycles. The number of hydrogen-bond donors (Lipinski definition) is 1. The van der Waals surface area contributed by atoms with Crippen molar-refractivity contribution in [3.8, 4) is 11.8 Å². The fourth-order valence-electron chi connectivity index (χ4n) is 2.32. The first-order chi connectivity index (χ1) is 14.2. The van der Waals surface area contributed by atoms with Gasteiger partial charge in [-0.3, -0.25) is 4.79 Å². The summed E-state index contributed by atoms with van der Waals surface area (Å²) >= 11 is 11.5. The Morgan fingerprint density at radius 2 is 2.07 bits per heavy atom. The van der Waals surface area contributed by atoms with Crippen LogP contribution >= 0.6 is 50.1 Å². The highest BCUT2D eigenvalue weighted by Crippen LogP contribution is 2.33. The Hall–Kier alpha value is -2.09. The molecule has 0 unspecified atom stereocenters. The van der Waals surface area contributed by atoms with Crippen LogP contribution < -0.4 is 10.1 Å². The molecule has 156 valence electrons. The molecule has 0 bridgehead atoms. The van der Waals surface area contributed by atoms with Crippen molar-refractivity contribution in [1.82, 2.24) is 0 Å². The van der Waals surface area contributed by atoms with Gasteiger partial charge in [-0.25, -0.2) is 4.79 Å². The minimum absolute atomic E-state index is 0.0745. The van der Waals surface area contributed by atoms with Crippen LogP contribution in [0.15, 0.2) is 40.4 Å². The van der Waals surface area contributed by atoms with E-state index in [9.17, 15) is 14.9 Å². The minimum Gasteiger partial charge on any atom is -0.480 e. The second-order valence-electron chi connectivity index (χ2n) is 6.00. The zero-order valence-corrected chi connectivity index (χ0v) is 20.6. The molecule has 0 aliphatic heterocycles. The molecule has 2 rings (SSSR count). The molecule has 0 aliphatic carbocycles. The van der Waals surface area contributed by atoms with Gasteiger partial charge in [-0.05, 0) is 93.8 Å². The number of aryl methyl sites for hydroxylation is 1. The Kier molecular flexibility index (Phi) is 9.14. The third-order valence-electron chi connectivity index (χ3n) is 3.77. The quantitative estimate of drug-likeness (QED) is 0.195. The lowest BCUT2D eigenvalue weighted by atomic mass is 10.1. The molecule has 0 spiro atoms. The number of ether oxygens (including phenoxy) is 2. The third-order valence-corrected chi connectivity index (χ3v) is 5.56. The second-order valence-corrected chi connectivity index (χ2v) is 8.42. The van der Waals surface area contributed by atoms with Gasteiger partial charge < -0.3 is 14.8 Å². The normalized spacial score (nSPS) is 10.9. The van der Waals surface area contributed by atoms with Crippen LogP contribution in [-0.2, 0) is 14.3 Å². The van der Waals surface area contributed by atoms with E-state index in [1.165, 1.54) is 6.08 Å². The van der Waals surface area contributed by atoms with Crippen LogP contribution in [0.1, 0.15) is 18.1 Å². The van der Waals surface area contributed by atoms with E-state index in [0.717, 1.165) is 5.56 Å². The number of rotatable bonds is 7. The molecule has 30 heavy (non-hydrogen) atoms. The van der Waals surface area contributed by atoms with E-state index in [4.69, 9.17) is 21.1 Å². The van der Waals surface area contributed by atoms with Gasteiger partial charge in [0, 0.05) is 10.7 Å². The number of hydrogen-bond acceptors (Lipinski definition) is 5. The lowest BCUT2D eigenvalue weighted by molar-refractivity contribution is -0.145. The predicted octanol–water partition coefficient (Wildman–Crippen LogP) is 5.50. The summed E-state index contributed by atoms with van der Waals surface area (Å²) in [5, 5.41) is 12.6. The minimum atomic E-state index is -0.550. The highest BCUT2D eigenvalue weighted by molar-refractivity contribution is 14.1. The molecule has 0 atom stereocenters. The van der Waals surface area contributed by atoms with Crippen molar-refractivity contribution in [1.29, 1.82) is 5.26 Å². The first kappa shape index (κ1) is 24.2. The van der Waals surface area contributed by atoms with Gasteiger partial charge >= 0.3 is 5.97 Å². The molecule has 9 heteroatoms. The molecule has 2 aromatic rings. The van der Waals surface area contributed by atoms with Crippen molar-refractivity contribution in [3.05, 3.63) is 60.1 Å². The summed E-state index contributed by atoms with van der Waals surface area (Å²) in [7, 11) is 0. The van der Waals surface area contributed by atoms with Gasteiger partial charge in [-0.1, -0.05) is 17.7 Å². The number of anilines is 1. The lowest BCUT2D eigenvalue weighted by Crippen LogP contribution is -2.15. The highest BCUT2D eigenvalue weighted by Gasteiger charge is 2.14. The SMILES string of the molecule is CCOC(=O)COc1c(Br)cc(/C=C(/C#N)C(=O)Nc2ccc(C)c(Cl)c2)cc1I. The summed E-state index contributed by atoms with van der Waals surface area (Å²) in [6.07, 6.45) is 1.47. The Morgan fingerprint density at radius 3 is 2.67 bits per heavy atom. The fourth-order valence-corrected chi connectivity index (χ4v) is 4.27. The van der Waals surface area contributed by atoms with E-state index >= 15 is 0 Å². The molecule has 0 saturated heterocycles. The van der Waals surface area contributed by atoms with E-state index in [2.05, 4.69) is 21.2 Å². The molecule has 0 aromatic heterocycles. The molecule has 0 fully saturated rings. The number of nitriles is 1. The first-order valence-electron chi connectivity index (χ1n) is 8.72. The predicted molar refractivity (Wildman–Crippen MR) is 127 cm³/mol. The molecule has 0 aliphatic rings. The Bertz CT molecular complexity index is 1030. The van der Waals surface area contributed by atoms with Crippen molar-refractivity contribution >= 4 is 73.8 Å². The molecule has 2 aromatic carbocycles. The van der Waals surface area contributed by atoms with Gasteiger partial charge in [-0.15, -0.1) is 0 Å². The van der Waals surface area contributed by atoms with Crippen molar-refractivity contribution in [2.45, 2.75) is 13.8 Å². The maximum absolute atomic E-state index is 12.5. The van der Waals surface area contributed by atoms with E-state index in [-0.39, 0.29) is 18.8 Å². The summed E-state index contributed by atoms with van der Waals surface area (Å²) in [5.41, 5.74) is 1.92. The van der Waals surface area contributed by atoms with Crippen molar-refractivity contribution in [2.24, 2.45) is 0 Å². The van der Waals surface area contributed by atoms with Gasteiger partial charge in [0.1, 0.15) is 17.4 Å². The Balaban J connectivity index is 2.20. The summed E-state index contributed by atoms with van der Waals surface area (Å²) < 4.78 is 11.6. The van der Waals surface area contributed by atoms with Gasteiger partial charge in [-0.2, -0.15) is 5.26 Å². The maximum atomic E-state index is 12.5. The van der Waals surface area contributed by atoms with Crippen molar-refractivity contribution in [3.63, 3.8) is 0 Å². The number of halogens is 3. The van der Waals surface area contributed by atoms with Crippen molar-refractivity contribution < 1.29 is 19.1 Å². The Morgan fingerprint density at radius 1 is 1.33 bits per heavy atom. The zero-order valence-electron chi connectivity index (χ0n) is 16.1. The monoisotopic (exact) mass is 602 g/mol. The van der Waals surface area contributed by atoms with Crippen LogP contribution in [-0.4, -0.2) is 25.1 Å². The summed E-state index contributed by atoms with van der Waals surface area (Å²) in [5.74, 6) is -0.548. The van der Waals surface area contributed by atoms with Crippen molar-refractivity contribution in [2.75, 3.05) is 18.5 Å². The lowest BCUT2D eigenvalue weighted by Gasteiger charge is -2.11. The number of amides is 1. The Labute approximate surface area is 201 Å². The molecule has 0 radical (unpaired) electrons. The number of nitrogens with zero attached hydrogens (tertiary/aromatic N) is 1. The van der Waals surface area contributed by atoms with Crippen LogP contribution in [0.4, 0.5) is 5.69 Å². The molecule has 6 nitrogen and oxygen atoms in total. The maximum Gasteiger partial charge on any atom is 0.344 e. The smallest absolute Gasteiger partial charge is 0.344 e. The average Bonchev–Trinajstić information content (AvgIpc) is 2.68. The van der Waals surface area contributed by atoms with Gasteiger partial charge in [0.25, 0.3) is 5.91 Å². The topological polar surface area (TPSA) is 88.4 Å². The zero-order chi connectivity index (χ0) is 22.3. The number of nitrogens with one attached hydrogen (secondary N) is 1. The second kappa shape index (κ2) is 11.3. The van der Waals surface area contributed by atoms with E-state index in [1.54, 1.807) is 37.3 Å². The number of carbonyl (C=O) groups is 2. The van der Waals surface area contributed by atoms with Crippen LogP contribution in [0.3, 0.4) is 0 Å². The van der Waals surface area contributed by atoms with E-state index in [1.807, 2.05) is 35.6 Å². The van der Waals surface area contributed by atoms with Gasteiger partial charge in [0.15, 0.2) is 6.61 Å².